The Hall–Kier alpha value is -3.49. The number of ketones is 1. The maximum Gasteiger partial charge on any atom is 0.253 e. The van der Waals surface area contributed by atoms with E-state index in [-0.39, 0.29) is 38.9 Å². The van der Waals surface area contributed by atoms with Crippen molar-refractivity contribution in [1.29, 1.82) is 0 Å². The number of ether oxygens (including phenoxy) is 1. The van der Waals surface area contributed by atoms with Gasteiger partial charge in [-0.1, -0.05) is 36.4 Å². The molecule has 0 aromatic heterocycles. The zero-order valence-electron chi connectivity index (χ0n) is 19.7. The lowest BCUT2D eigenvalue weighted by molar-refractivity contribution is 0.0646. The van der Waals surface area contributed by atoms with Crippen LogP contribution in [0.4, 0.5) is 0 Å². The van der Waals surface area contributed by atoms with Crippen LogP contribution in [-0.4, -0.2) is 44.7 Å². The highest BCUT2D eigenvalue weighted by Crippen LogP contribution is 2.46. The van der Waals surface area contributed by atoms with Crippen LogP contribution >= 0.6 is 0 Å². The largest absolute Gasteiger partial charge is 0.492 e. The summed E-state index contributed by atoms with van der Waals surface area (Å²) >= 11 is 0. The number of piperidine rings is 1. The third kappa shape index (κ3) is 3.55. The molecule has 1 fully saturated rings. The van der Waals surface area contributed by atoms with E-state index in [9.17, 15) is 18.0 Å². The minimum absolute atomic E-state index is 0.0736. The van der Waals surface area contributed by atoms with Gasteiger partial charge in [0.2, 0.25) is 0 Å². The first-order chi connectivity index (χ1) is 17.3. The molecule has 8 heteroatoms. The molecule has 3 aliphatic heterocycles. The van der Waals surface area contributed by atoms with Gasteiger partial charge >= 0.3 is 0 Å². The molecule has 1 amide bonds. The fourth-order valence-corrected chi connectivity index (χ4v) is 7.29. The van der Waals surface area contributed by atoms with Crippen molar-refractivity contribution in [2.45, 2.75) is 35.4 Å². The maximum absolute atomic E-state index is 13.4. The Labute approximate surface area is 209 Å². The van der Waals surface area contributed by atoms with Gasteiger partial charge in [0.25, 0.3) is 5.91 Å². The van der Waals surface area contributed by atoms with Gasteiger partial charge in [0.1, 0.15) is 5.75 Å². The molecule has 1 saturated heterocycles. The van der Waals surface area contributed by atoms with Crippen LogP contribution in [0.3, 0.4) is 0 Å². The van der Waals surface area contributed by atoms with Gasteiger partial charge in [-0.25, -0.2) is 8.42 Å². The first-order valence-corrected chi connectivity index (χ1v) is 13.7. The van der Waals surface area contributed by atoms with Crippen molar-refractivity contribution in [2.75, 3.05) is 19.7 Å². The molecule has 36 heavy (non-hydrogen) atoms. The Morgan fingerprint density at radius 3 is 2.56 bits per heavy atom. The highest BCUT2D eigenvalue weighted by Gasteiger charge is 2.44. The quantitative estimate of drug-likeness (QED) is 0.577. The molecule has 184 valence electrons. The zero-order valence-corrected chi connectivity index (χ0v) is 20.5. The molecule has 7 nitrogen and oxygen atoms in total. The Bertz CT molecular complexity index is 1520. The lowest BCUT2D eigenvalue weighted by atomic mass is 9.74. The standard InChI is InChI=1S/C28H26N2O5S/c29-15-18-5-8-24-23(13-18)28(17-35-24)9-11-30(12-10-28)27(32)19-6-7-22-25(14-19)36(33,34)16-20-3-1-2-4-21(20)26(22)31/h1-8,13-14H,9-12,15-17,29H2. The lowest BCUT2D eigenvalue weighted by Gasteiger charge is -2.38. The average molecular weight is 503 g/mol. The van der Waals surface area contributed by atoms with Gasteiger partial charge in [-0.15, -0.1) is 0 Å². The number of nitrogens with zero attached hydrogens (tertiary/aromatic N) is 1. The number of carbonyl (C=O) groups excluding carboxylic acids is 2. The summed E-state index contributed by atoms with van der Waals surface area (Å²) in [4.78, 5) is 28.2. The Morgan fingerprint density at radius 1 is 1.00 bits per heavy atom. The summed E-state index contributed by atoms with van der Waals surface area (Å²) in [5.74, 6) is 0.0496. The number of carbonyl (C=O) groups is 2. The van der Waals surface area contributed by atoms with Gasteiger partial charge < -0.3 is 15.4 Å². The van der Waals surface area contributed by atoms with E-state index in [0.29, 0.717) is 37.4 Å². The molecular formula is C28H26N2O5S. The van der Waals surface area contributed by atoms with Crippen LogP contribution < -0.4 is 10.5 Å². The van der Waals surface area contributed by atoms with Crippen molar-refractivity contribution < 1.29 is 22.7 Å². The number of amides is 1. The van der Waals surface area contributed by atoms with Gasteiger partial charge in [-0.2, -0.15) is 0 Å². The summed E-state index contributed by atoms with van der Waals surface area (Å²) in [5, 5.41) is 0. The molecule has 0 bridgehead atoms. The number of fused-ring (bicyclic) bond motifs is 4. The summed E-state index contributed by atoms with van der Waals surface area (Å²) in [5.41, 5.74) is 9.17. The van der Waals surface area contributed by atoms with Crippen LogP contribution in [-0.2, 0) is 27.5 Å². The lowest BCUT2D eigenvalue weighted by Crippen LogP contribution is -2.46. The summed E-state index contributed by atoms with van der Waals surface area (Å²) in [6.45, 7) is 2.10. The number of nitrogens with two attached hydrogens (primary N) is 1. The Kier molecular flexibility index (Phi) is 5.28. The van der Waals surface area contributed by atoms with Crippen LogP contribution in [0.25, 0.3) is 0 Å². The van der Waals surface area contributed by atoms with Gasteiger partial charge in [-0.05, 0) is 48.2 Å². The summed E-state index contributed by atoms with van der Waals surface area (Å²) in [7, 11) is -3.79. The monoisotopic (exact) mass is 502 g/mol. The molecule has 0 saturated carbocycles. The topological polar surface area (TPSA) is 107 Å². The Morgan fingerprint density at radius 2 is 1.78 bits per heavy atom. The number of rotatable bonds is 2. The van der Waals surface area contributed by atoms with E-state index in [1.165, 1.54) is 12.1 Å². The van der Waals surface area contributed by atoms with Crippen molar-refractivity contribution in [2.24, 2.45) is 5.73 Å². The second kappa shape index (κ2) is 8.28. The molecular weight excluding hydrogens is 476 g/mol. The van der Waals surface area contributed by atoms with E-state index in [1.54, 1.807) is 35.2 Å². The predicted molar refractivity (Wildman–Crippen MR) is 134 cm³/mol. The van der Waals surface area contributed by atoms with E-state index < -0.39 is 9.84 Å². The second-order valence-corrected chi connectivity index (χ2v) is 11.8. The third-order valence-corrected chi connectivity index (χ3v) is 9.48. The van der Waals surface area contributed by atoms with Crippen molar-refractivity contribution in [3.63, 3.8) is 0 Å². The van der Waals surface area contributed by atoms with Crippen molar-refractivity contribution in [3.05, 3.63) is 94.0 Å². The maximum atomic E-state index is 13.4. The Balaban J connectivity index is 1.26. The van der Waals surface area contributed by atoms with Gasteiger partial charge in [0.15, 0.2) is 15.6 Å². The smallest absolute Gasteiger partial charge is 0.253 e. The van der Waals surface area contributed by atoms with E-state index in [1.807, 2.05) is 12.1 Å². The minimum atomic E-state index is -3.79. The molecule has 2 N–H and O–H groups in total. The third-order valence-electron chi connectivity index (χ3n) is 7.78. The number of likely N-dealkylation sites (tertiary alicyclic amines) is 1. The highest BCUT2D eigenvalue weighted by molar-refractivity contribution is 7.90. The number of sulfone groups is 1. The van der Waals surface area contributed by atoms with E-state index >= 15 is 0 Å². The van der Waals surface area contributed by atoms with Gasteiger partial charge in [0.05, 0.1) is 17.3 Å². The van der Waals surface area contributed by atoms with Crippen molar-refractivity contribution in [3.8, 4) is 5.75 Å². The first kappa shape index (κ1) is 22.9. The fraction of sp³-hybridized carbons (Fsp3) is 0.286. The van der Waals surface area contributed by atoms with Crippen LogP contribution in [0.15, 0.2) is 65.6 Å². The van der Waals surface area contributed by atoms with E-state index in [0.717, 1.165) is 29.7 Å². The van der Waals surface area contributed by atoms with E-state index in [4.69, 9.17) is 10.5 Å². The van der Waals surface area contributed by atoms with Crippen LogP contribution in [0.1, 0.15) is 55.8 Å². The molecule has 3 heterocycles. The van der Waals surface area contributed by atoms with E-state index in [2.05, 4.69) is 6.07 Å². The number of hydrogen-bond acceptors (Lipinski definition) is 6. The summed E-state index contributed by atoms with van der Waals surface area (Å²) in [6.07, 6.45) is 1.49. The van der Waals surface area contributed by atoms with Gasteiger partial charge in [0, 0.05) is 47.3 Å². The number of benzene rings is 3. The van der Waals surface area contributed by atoms with Gasteiger partial charge in [-0.3, -0.25) is 9.59 Å². The fourth-order valence-electron chi connectivity index (χ4n) is 5.67. The van der Waals surface area contributed by atoms with Crippen molar-refractivity contribution >= 4 is 21.5 Å². The summed E-state index contributed by atoms with van der Waals surface area (Å²) < 4.78 is 32.3. The molecule has 0 unspecified atom stereocenters. The van der Waals surface area contributed by atoms with Crippen LogP contribution in [0.5, 0.6) is 5.75 Å². The average Bonchev–Trinajstić information content (AvgIpc) is 3.21. The molecule has 0 atom stereocenters. The number of hydrogen-bond donors (Lipinski definition) is 1. The predicted octanol–water partition coefficient (Wildman–Crippen LogP) is 3.23. The molecule has 0 aliphatic carbocycles. The zero-order chi connectivity index (χ0) is 25.1. The second-order valence-electron chi connectivity index (χ2n) is 9.85. The van der Waals surface area contributed by atoms with Crippen LogP contribution in [0, 0.1) is 0 Å². The van der Waals surface area contributed by atoms with Crippen LogP contribution in [0.2, 0.25) is 0 Å². The SMILES string of the molecule is NCc1ccc2c(c1)C1(CCN(C(=O)c3ccc4c(c3)S(=O)(=O)Cc3ccccc3C4=O)CC1)CO2. The highest BCUT2D eigenvalue weighted by atomic mass is 32.2. The molecule has 1 spiro atoms. The normalized spacial score (nSPS) is 19.1. The minimum Gasteiger partial charge on any atom is -0.492 e. The molecule has 3 aromatic carbocycles. The summed E-state index contributed by atoms with van der Waals surface area (Å²) in [6, 6.07) is 17.2. The molecule has 6 rings (SSSR count). The first-order valence-electron chi connectivity index (χ1n) is 12.1. The molecule has 3 aromatic rings. The molecule has 0 radical (unpaired) electrons. The molecule has 3 aliphatic rings. The van der Waals surface area contributed by atoms with Crippen molar-refractivity contribution in [1.82, 2.24) is 4.90 Å².